The van der Waals surface area contributed by atoms with Crippen LogP contribution in [-0.2, 0) is 11.3 Å². The Hall–Kier alpha value is -1.88. The topological polar surface area (TPSA) is 46.8 Å². The van der Waals surface area contributed by atoms with Crippen LogP contribution >= 0.6 is 0 Å². The van der Waals surface area contributed by atoms with E-state index in [4.69, 9.17) is 0 Å². The molecule has 0 saturated carbocycles. The average molecular weight is 371 g/mol. The Balaban J connectivity index is 1.37. The minimum Gasteiger partial charge on any atom is -0.336 e. The van der Waals surface area contributed by atoms with Crippen LogP contribution in [0, 0.1) is 5.92 Å². The van der Waals surface area contributed by atoms with Crippen LogP contribution in [0.4, 0.5) is 0 Å². The summed E-state index contributed by atoms with van der Waals surface area (Å²) in [6, 6.07) is 6.11. The standard InChI is InChI=1S/C22H31N3O2/c1-2-19-7-3-4-12-24(19)21(26)10-6-11-23-14-17-13-18(16-23)20-8-5-9-22(27)25(20)15-17/h5-6,8-10,17-19H,2-4,7,11-16H2,1H3/p+1/b10-6+/t17-,18+,19-/m0/s1. The van der Waals surface area contributed by atoms with Crippen LogP contribution in [-0.4, -0.2) is 47.6 Å². The number of carbonyl (C=O) groups excluding carboxylic acids is 1. The quantitative estimate of drug-likeness (QED) is 0.810. The van der Waals surface area contributed by atoms with Gasteiger partial charge in [-0.15, -0.1) is 0 Å². The molecule has 1 unspecified atom stereocenters. The normalized spacial score (nSPS) is 30.3. The minimum absolute atomic E-state index is 0.142. The van der Waals surface area contributed by atoms with Gasteiger partial charge in [-0.2, -0.15) is 0 Å². The molecule has 27 heavy (non-hydrogen) atoms. The van der Waals surface area contributed by atoms with Crippen molar-refractivity contribution in [1.29, 1.82) is 0 Å². The van der Waals surface area contributed by atoms with Crippen LogP contribution in [0.1, 0.15) is 50.6 Å². The molecule has 0 spiro atoms. The molecule has 5 heteroatoms. The number of hydrogen-bond acceptors (Lipinski definition) is 2. The number of nitrogens with one attached hydrogen (secondary N) is 1. The van der Waals surface area contributed by atoms with E-state index in [1.807, 2.05) is 16.7 Å². The highest BCUT2D eigenvalue weighted by molar-refractivity contribution is 5.87. The lowest BCUT2D eigenvalue weighted by atomic mass is 9.83. The fourth-order valence-electron chi connectivity index (χ4n) is 5.42. The molecule has 4 atom stereocenters. The molecular formula is C22H32N3O2+. The van der Waals surface area contributed by atoms with E-state index in [1.54, 1.807) is 6.07 Å². The number of piperidine rings is 2. The summed E-state index contributed by atoms with van der Waals surface area (Å²) in [5.41, 5.74) is 1.35. The number of quaternary nitrogens is 1. The summed E-state index contributed by atoms with van der Waals surface area (Å²) in [5.74, 6) is 1.23. The van der Waals surface area contributed by atoms with Gasteiger partial charge in [0, 0.05) is 48.8 Å². The maximum Gasteiger partial charge on any atom is 0.250 e. The van der Waals surface area contributed by atoms with Crippen molar-refractivity contribution in [1.82, 2.24) is 9.47 Å². The van der Waals surface area contributed by atoms with E-state index in [0.717, 1.165) is 52.0 Å². The van der Waals surface area contributed by atoms with Crippen molar-refractivity contribution in [2.75, 3.05) is 26.2 Å². The predicted octanol–water partition coefficient (Wildman–Crippen LogP) is 1.20. The van der Waals surface area contributed by atoms with Crippen molar-refractivity contribution in [3.8, 4) is 0 Å². The molecule has 4 rings (SSSR count). The summed E-state index contributed by atoms with van der Waals surface area (Å²) in [6.45, 7) is 6.99. The van der Waals surface area contributed by atoms with Gasteiger partial charge in [-0.1, -0.05) is 13.0 Å². The molecule has 4 heterocycles. The van der Waals surface area contributed by atoms with Gasteiger partial charge in [-0.3, -0.25) is 9.59 Å². The van der Waals surface area contributed by atoms with E-state index >= 15 is 0 Å². The van der Waals surface area contributed by atoms with Gasteiger partial charge in [0.1, 0.15) is 0 Å². The van der Waals surface area contributed by atoms with Crippen LogP contribution in [0.15, 0.2) is 35.1 Å². The van der Waals surface area contributed by atoms with Gasteiger partial charge in [0.05, 0.1) is 19.6 Å². The summed E-state index contributed by atoms with van der Waals surface area (Å²) in [7, 11) is 0. The second kappa shape index (κ2) is 8.01. The monoisotopic (exact) mass is 370 g/mol. The van der Waals surface area contributed by atoms with Crippen molar-refractivity contribution in [3.63, 3.8) is 0 Å². The maximum atomic E-state index is 12.6. The van der Waals surface area contributed by atoms with Crippen molar-refractivity contribution in [3.05, 3.63) is 46.4 Å². The number of carbonyl (C=O) groups is 1. The second-order valence-electron chi connectivity index (χ2n) is 8.55. The number of hydrogen-bond donors (Lipinski definition) is 1. The van der Waals surface area contributed by atoms with Gasteiger partial charge in [-0.25, -0.2) is 0 Å². The molecule has 1 amide bonds. The first-order valence-electron chi connectivity index (χ1n) is 10.7. The Kier molecular flexibility index (Phi) is 5.48. The van der Waals surface area contributed by atoms with Crippen LogP contribution in [0.3, 0.4) is 0 Å². The minimum atomic E-state index is 0.142. The smallest absolute Gasteiger partial charge is 0.250 e. The van der Waals surface area contributed by atoms with Crippen LogP contribution in [0.2, 0.25) is 0 Å². The van der Waals surface area contributed by atoms with Gasteiger partial charge in [0.25, 0.3) is 5.56 Å². The Bertz CT molecular complexity index is 769. The highest BCUT2D eigenvalue weighted by atomic mass is 16.2. The number of aromatic nitrogens is 1. The highest BCUT2D eigenvalue weighted by Gasteiger charge is 2.36. The van der Waals surface area contributed by atoms with Crippen molar-refractivity contribution < 1.29 is 9.69 Å². The third kappa shape index (κ3) is 3.88. The molecule has 1 aromatic rings. The summed E-state index contributed by atoms with van der Waals surface area (Å²) in [6.07, 6.45) is 9.67. The Morgan fingerprint density at radius 2 is 2.19 bits per heavy atom. The van der Waals surface area contributed by atoms with Crippen LogP contribution in [0.5, 0.6) is 0 Å². The third-order valence-corrected chi connectivity index (χ3v) is 6.72. The number of amides is 1. The molecule has 146 valence electrons. The molecule has 3 aliphatic heterocycles. The van der Waals surface area contributed by atoms with Crippen molar-refractivity contribution in [2.45, 2.75) is 57.5 Å². The van der Waals surface area contributed by atoms with Gasteiger partial charge in [0.15, 0.2) is 0 Å². The maximum absolute atomic E-state index is 12.6. The lowest BCUT2D eigenvalue weighted by Crippen LogP contribution is -3.14. The van der Waals surface area contributed by atoms with E-state index in [0.29, 0.717) is 17.9 Å². The zero-order valence-electron chi connectivity index (χ0n) is 16.4. The fourth-order valence-corrected chi connectivity index (χ4v) is 5.42. The SMILES string of the molecule is CC[C@H]1CCCCN1C(=O)/C=C/C[NH+]1C[C@@H]2C[C@H](C1)c1cccc(=O)n1C2. The van der Waals surface area contributed by atoms with Gasteiger partial charge in [-0.05, 0) is 44.2 Å². The number of fused-ring (bicyclic) bond motifs is 4. The van der Waals surface area contributed by atoms with Crippen LogP contribution in [0.25, 0.3) is 0 Å². The van der Waals surface area contributed by atoms with Gasteiger partial charge < -0.3 is 14.4 Å². The molecular weight excluding hydrogens is 338 g/mol. The molecule has 0 radical (unpaired) electrons. The van der Waals surface area contributed by atoms with Gasteiger partial charge >= 0.3 is 0 Å². The molecule has 0 aromatic carbocycles. The fraction of sp³-hybridized carbons (Fsp3) is 0.636. The van der Waals surface area contributed by atoms with E-state index in [2.05, 4.69) is 24.0 Å². The molecule has 1 aromatic heterocycles. The van der Waals surface area contributed by atoms with E-state index in [9.17, 15) is 9.59 Å². The molecule has 2 fully saturated rings. The third-order valence-electron chi connectivity index (χ3n) is 6.72. The average Bonchev–Trinajstić information content (AvgIpc) is 2.68. The highest BCUT2D eigenvalue weighted by Crippen LogP contribution is 2.29. The number of rotatable bonds is 4. The zero-order chi connectivity index (χ0) is 18.8. The molecule has 2 bridgehead atoms. The molecule has 3 aliphatic rings. The zero-order valence-corrected chi connectivity index (χ0v) is 16.4. The lowest BCUT2D eigenvalue weighted by molar-refractivity contribution is -0.905. The first-order chi connectivity index (χ1) is 13.2. The first kappa shape index (κ1) is 18.5. The summed E-state index contributed by atoms with van der Waals surface area (Å²) < 4.78 is 1.98. The van der Waals surface area contributed by atoms with E-state index < -0.39 is 0 Å². The number of likely N-dealkylation sites (tertiary alicyclic amines) is 2. The first-order valence-corrected chi connectivity index (χ1v) is 10.7. The largest absolute Gasteiger partial charge is 0.336 e. The summed E-state index contributed by atoms with van der Waals surface area (Å²) >= 11 is 0. The van der Waals surface area contributed by atoms with Gasteiger partial charge in [0.2, 0.25) is 5.91 Å². The Labute approximate surface area is 161 Å². The number of pyridine rings is 1. The van der Waals surface area contributed by atoms with Crippen LogP contribution < -0.4 is 10.5 Å². The van der Waals surface area contributed by atoms with E-state index in [-0.39, 0.29) is 11.5 Å². The molecule has 0 aliphatic carbocycles. The van der Waals surface area contributed by atoms with Crippen molar-refractivity contribution in [2.24, 2.45) is 5.92 Å². The summed E-state index contributed by atoms with van der Waals surface area (Å²) in [4.78, 5) is 28.3. The molecule has 1 N–H and O–H groups in total. The molecule has 5 nitrogen and oxygen atoms in total. The van der Waals surface area contributed by atoms with Crippen molar-refractivity contribution >= 4 is 5.91 Å². The summed E-state index contributed by atoms with van der Waals surface area (Å²) in [5, 5.41) is 0. The Morgan fingerprint density at radius 3 is 3.04 bits per heavy atom. The molecule has 2 saturated heterocycles. The van der Waals surface area contributed by atoms with E-state index in [1.165, 1.54) is 23.4 Å². The Morgan fingerprint density at radius 1 is 1.30 bits per heavy atom. The predicted molar refractivity (Wildman–Crippen MR) is 106 cm³/mol. The number of nitrogens with zero attached hydrogens (tertiary/aromatic N) is 2. The second-order valence-corrected chi connectivity index (χ2v) is 8.55. The lowest BCUT2D eigenvalue weighted by Gasteiger charge is -2.40.